The fourth-order valence-electron chi connectivity index (χ4n) is 2.32. The van der Waals surface area contributed by atoms with Gasteiger partial charge in [0.05, 0.1) is 0 Å². The summed E-state index contributed by atoms with van der Waals surface area (Å²) in [5.41, 5.74) is 1.73. The number of carbonyl (C=O) groups is 2. The molecule has 4 heteroatoms. The van der Waals surface area contributed by atoms with Crippen LogP contribution in [0.5, 0.6) is 0 Å². The van der Waals surface area contributed by atoms with Crippen molar-refractivity contribution in [1.82, 2.24) is 4.90 Å². The maximum Gasteiger partial charge on any atom is 0.313 e. The van der Waals surface area contributed by atoms with E-state index in [2.05, 4.69) is 5.32 Å². The number of carbonyl (C=O) groups excluding carboxylic acids is 2. The van der Waals surface area contributed by atoms with Crippen LogP contribution in [0.25, 0.3) is 0 Å². The molecule has 2 amide bonds. The van der Waals surface area contributed by atoms with Crippen molar-refractivity contribution in [1.29, 1.82) is 0 Å². The van der Waals surface area contributed by atoms with Crippen LogP contribution < -0.4 is 5.32 Å². The van der Waals surface area contributed by atoms with Gasteiger partial charge in [0, 0.05) is 18.8 Å². The van der Waals surface area contributed by atoms with E-state index in [1.807, 2.05) is 25.1 Å². The molecule has 2 rings (SSSR count). The van der Waals surface area contributed by atoms with Crippen LogP contribution in [0.3, 0.4) is 0 Å². The lowest BCUT2D eigenvalue weighted by Crippen LogP contribution is -2.40. The highest BCUT2D eigenvalue weighted by atomic mass is 16.2. The molecule has 0 unspecified atom stereocenters. The van der Waals surface area contributed by atoms with Gasteiger partial charge in [-0.25, -0.2) is 0 Å². The van der Waals surface area contributed by atoms with E-state index < -0.39 is 11.8 Å². The zero-order valence-corrected chi connectivity index (χ0v) is 11.3. The van der Waals surface area contributed by atoms with Crippen molar-refractivity contribution in [3.05, 3.63) is 29.8 Å². The molecule has 19 heavy (non-hydrogen) atoms. The first kappa shape index (κ1) is 13.6. The van der Waals surface area contributed by atoms with Crippen molar-refractivity contribution in [3.63, 3.8) is 0 Å². The third kappa shape index (κ3) is 3.81. The van der Waals surface area contributed by atoms with Gasteiger partial charge in [0.15, 0.2) is 0 Å². The SMILES string of the molecule is Cc1cccc(NC(=O)C(=O)N2CCCCCC2)c1. The summed E-state index contributed by atoms with van der Waals surface area (Å²) in [6.07, 6.45) is 4.26. The maximum atomic E-state index is 12.1. The van der Waals surface area contributed by atoms with Crippen LogP contribution in [0.4, 0.5) is 5.69 Å². The summed E-state index contributed by atoms with van der Waals surface area (Å²) < 4.78 is 0. The number of nitrogens with zero attached hydrogens (tertiary/aromatic N) is 1. The van der Waals surface area contributed by atoms with Gasteiger partial charge >= 0.3 is 11.8 Å². The van der Waals surface area contributed by atoms with Crippen LogP contribution in [-0.2, 0) is 9.59 Å². The van der Waals surface area contributed by atoms with Crippen LogP contribution in [-0.4, -0.2) is 29.8 Å². The zero-order valence-electron chi connectivity index (χ0n) is 11.3. The topological polar surface area (TPSA) is 49.4 Å². The minimum Gasteiger partial charge on any atom is -0.334 e. The second kappa shape index (κ2) is 6.36. The highest BCUT2D eigenvalue weighted by Crippen LogP contribution is 2.12. The summed E-state index contributed by atoms with van der Waals surface area (Å²) in [5, 5.41) is 2.67. The third-order valence-corrected chi connectivity index (χ3v) is 3.36. The summed E-state index contributed by atoms with van der Waals surface area (Å²) in [6.45, 7) is 3.34. The van der Waals surface area contributed by atoms with E-state index in [-0.39, 0.29) is 0 Å². The largest absolute Gasteiger partial charge is 0.334 e. The Bertz CT molecular complexity index is 463. The number of benzene rings is 1. The van der Waals surface area contributed by atoms with Crippen LogP contribution in [0, 0.1) is 6.92 Å². The Kier molecular flexibility index (Phi) is 4.55. The first-order valence-corrected chi connectivity index (χ1v) is 6.84. The predicted octanol–water partition coefficient (Wildman–Crippen LogP) is 2.34. The molecule has 1 heterocycles. The Hall–Kier alpha value is -1.84. The summed E-state index contributed by atoms with van der Waals surface area (Å²) in [6, 6.07) is 7.46. The van der Waals surface area contributed by atoms with E-state index in [0.29, 0.717) is 18.8 Å². The Morgan fingerprint density at radius 3 is 2.42 bits per heavy atom. The van der Waals surface area contributed by atoms with Gasteiger partial charge in [0.1, 0.15) is 0 Å². The highest BCUT2D eigenvalue weighted by molar-refractivity contribution is 6.39. The van der Waals surface area contributed by atoms with E-state index in [1.165, 1.54) is 0 Å². The van der Waals surface area contributed by atoms with E-state index >= 15 is 0 Å². The molecule has 102 valence electrons. The molecule has 1 saturated heterocycles. The number of hydrogen-bond acceptors (Lipinski definition) is 2. The normalized spacial score (nSPS) is 15.7. The molecule has 4 nitrogen and oxygen atoms in total. The fraction of sp³-hybridized carbons (Fsp3) is 0.467. The Balaban J connectivity index is 1.97. The molecule has 0 atom stereocenters. The number of aryl methyl sites for hydroxylation is 1. The lowest BCUT2D eigenvalue weighted by atomic mass is 10.2. The molecule has 1 fully saturated rings. The van der Waals surface area contributed by atoms with Crippen molar-refractivity contribution in [3.8, 4) is 0 Å². The average molecular weight is 260 g/mol. The molecule has 0 bridgehead atoms. The van der Waals surface area contributed by atoms with Crippen molar-refractivity contribution >= 4 is 17.5 Å². The van der Waals surface area contributed by atoms with Gasteiger partial charge in [0.25, 0.3) is 0 Å². The lowest BCUT2D eigenvalue weighted by Gasteiger charge is -2.19. The van der Waals surface area contributed by atoms with Crippen molar-refractivity contribution in [2.45, 2.75) is 32.6 Å². The van der Waals surface area contributed by atoms with E-state index in [0.717, 1.165) is 31.2 Å². The molecule has 1 N–H and O–H groups in total. The second-order valence-electron chi connectivity index (χ2n) is 5.03. The predicted molar refractivity (Wildman–Crippen MR) is 74.9 cm³/mol. The van der Waals surface area contributed by atoms with Gasteiger partial charge in [-0.1, -0.05) is 25.0 Å². The quantitative estimate of drug-likeness (QED) is 0.788. The van der Waals surface area contributed by atoms with Gasteiger partial charge in [-0.3, -0.25) is 9.59 Å². The average Bonchev–Trinajstić information content (AvgIpc) is 2.66. The molecular weight excluding hydrogens is 240 g/mol. The summed E-state index contributed by atoms with van der Waals surface area (Å²) in [7, 11) is 0. The van der Waals surface area contributed by atoms with E-state index in [4.69, 9.17) is 0 Å². The van der Waals surface area contributed by atoms with Crippen molar-refractivity contribution in [2.24, 2.45) is 0 Å². The minimum absolute atomic E-state index is 0.414. The Morgan fingerprint density at radius 2 is 1.79 bits per heavy atom. The molecular formula is C15H20N2O2. The zero-order chi connectivity index (χ0) is 13.7. The van der Waals surface area contributed by atoms with E-state index in [1.54, 1.807) is 11.0 Å². The molecule has 0 radical (unpaired) electrons. The highest BCUT2D eigenvalue weighted by Gasteiger charge is 2.22. The number of amides is 2. The molecule has 1 aliphatic heterocycles. The lowest BCUT2D eigenvalue weighted by molar-refractivity contribution is -0.143. The second-order valence-corrected chi connectivity index (χ2v) is 5.03. The first-order valence-electron chi connectivity index (χ1n) is 6.84. The van der Waals surface area contributed by atoms with Crippen molar-refractivity contribution < 1.29 is 9.59 Å². The Morgan fingerprint density at radius 1 is 1.11 bits per heavy atom. The van der Waals surface area contributed by atoms with Crippen LogP contribution >= 0.6 is 0 Å². The molecule has 1 aliphatic rings. The maximum absolute atomic E-state index is 12.1. The molecule has 0 aliphatic carbocycles. The van der Waals surface area contributed by atoms with Crippen LogP contribution in [0.1, 0.15) is 31.2 Å². The molecule has 0 aromatic heterocycles. The third-order valence-electron chi connectivity index (χ3n) is 3.36. The number of hydrogen-bond donors (Lipinski definition) is 1. The van der Waals surface area contributed by atoms with E-state index in [9.17, 15) is 9.59 Å². The monoisotopic (exact) mass is 260 g/mol. The smallest absolute Gasteiger partial charge is 0.313 e. The van der Waals surface area contributed by atoms with Gasteiger partial charge < -0.3 is 10.2 Å². The fourth-order valence-corrected chi connectivity index (χ4v) is 2.32. The molecule has 1 aromatic carbocycles. The number of nitrogens with one attached hydrogen (secondary N) is 1. The summed E-state index contributed by atoms with van der Waals surface area (Å²) in [4.78, 5) is 25.7. The van der Waals surface area contributed by atoms with Crippen molar-refractivity contribution in [2.75, 3.05) is 18.4 Å². The van der Waals surface area contributed by atoms with Gasteiger partial charge in [0.2, 0.25) is 0 Å². The summed E-state index contributed by atoms with van der Waals surface area (Å²) in [5.74, 6) is -0.948. The van der Waals surface area contributed by atoms with Crippen LogP contribution in [0.15, 0.2) is 24.3 Å². The van der Waals surface area contributed by atoms with Gasteiger partial charge in [-0.05, 0) is 37.5 Å². The first-order chi connectivity index (χ1) is 9.16. The minimum atomic E-state index is -0.535. The number of rotatable bonds is 1. The number of likely N-dealkylation sites (tertiary alicyclic amines) is 1. The van der Waals surface area contributed by atoms with Gasteiger partial charge in [-0.2, -0.15) is 0 Å². The van der Waals surface area contributed by atoms with Crippen LogP contribution in [0.2, 0.25) is 0 Å². The number of anilines is 1. The molecule has 0 spiro atoms. The standard InChI is InChI=1S/C15H20N2O2/c1-12-7-6-8-13(11-12)16-14(18)15(19)17-9-4-2-3-5-10-17/h6-8,11H,2-5,9-10H2,1H3,(H,16,18). The molecule has 1 aromatic rings. The molecule has 0 saturated carbocycles. The summed E-state index contributed by atoms with van der Waals surface area (Å²) >= 11 is 0. The van der Waals surface area contributed by atoms with Gasteiger partial charge in [-0.15, -0.1) is 0 Å². The Labute approximate surface area is 113 Å².